The van der Waals surface area contributed by atoms with Crippen molar-refractivity contribution in [3.05, 3.63) is 47.8 Å². The maximum atomic E-state index is 13.5. The molecule has 2 aromatic rings. The van der Waals surface area contributed by atoms with Crippen molar-refractivity contribution >= 4 is 11.6 Å². The van der Waals surface area contributed by atoms with Crippen molar-refractivity contribution in [2.24, 2.45) is 0 Å². The van der Waals surface area contributed by atoms with E-state index in [1.165, 1.54) is 18.2 Å². The van der Waals surface area contributed by atoms with Gasteiger partial charge in [0.1, 0.15) is 5.82 Å². The number of carbonyl (C=O) groups excluding carboxylic acids is 1. The molecule has 2 N–H and O–H groups in total. The van der Waals surface area contributed by atoms with Gasteiger partial charge in [0, 0.05) is 19.0 Å². The first-order valence-corrected chi connectivity index (χ1v) is 7.60. The van der Waals surface area contributed by atoms with Gasteiger partial charge in [-0.3, -0.25) is 4.79 Å². The maximum Gasteiger partial charge on any atom is 0.225 e. The number of nitrogens with one attached hydrogen (secondary N) is 2. The fourth-order valence-electron chi connectivity index (χ4n) is 2.12. The molecule has 128 valence electrons. The Morgan fingerprint density at radius 1 is 1.12 bits per heavy atom. The molecule has 2 aromatic carbocycles. The summed E-state index contributed by atoms with van der Waals surface area (Å²) in [5.41, 5.74) is 1.30. The molecule has 0 radical (unpaired) electrons. The average molecular weight is 332 g/mol. The lowest BCUT2D eigenvalue weighted by molar-refractivity contribution is -0.116. The molecule has 0 aromatic heterocycles. The fourth-order valence-corrected chi connectivity index (χ4v) is 2.12. The molecule has 2 rings (SSSR count). The summed E-state index contributed by atoms with van der Waals surface area (Å²) in [5, 5.41) is 5.56. The van der Waals surface area contributed by atoms with Crippen molar-refractivity contribution in [1.82, 2.24) is 5.32 Å². The zero-order valence-electron chi connectivity index (χ0n) is 14.0. The number of hydrogen-bond acceptors (Lipinski definition) is 4. The minimum atomic E-state index is -0.456. The van der Waals surface area contributed by atoms with Crippen molar-refractivity contribution in [2.45, 2.75) is 13.3 Å². The van der Waals surface area contributed by atoms with Gasteiger partial charge in [-0.2, -0.15) is 0 Å². The summed E-state index contributed by atoms with van der Waals surface area (Å²) in [7, 11) is 3.31. The summed E-state index contributed by atoms with van der Waals surface area (Å²) in [4.78, 5) is 11.9. The molecular weight excluding hydrogens is 311 g/mol. The Labute approximate surface area is 140 Å². The molecule has 6 heteroatoms. The van der Waals surface area contributed by atoms with Gasteiger partial charge in [-0.1, -0.05) is 6.07 Å². The number of anilines is 1. The van der Waals surface area contributed by atoms with Crippen LogP contribution in [0.1, 0.15) is 12.0 Å². The predicted octanol–water partition coefficient (Wildman–Crippen LogP) is 3.48. The number of benzene rings is 2. The number of halogens is 1. The first-order valence-electron chi connectivity index (χ1n) is 7.60. The first kappa shape index (κ1) is 17.7. The molecule has 24 heavy (non-hydrogen) atoms. The topological polar surface area (TPSA) is 59.6 Å². The predicted molar refractivity (Wildman–Crippen MR) is 91.4 cm³/mol. The second kappa shape index (κ2) is 8.31. The highest BCUT2D eigenvalue weighted by Gasteiger charge is 2.12. The summed E-state index contributed by atoms with van der Waals surface area (Å²) in [6.45, 7) is 2.47. The standard InChI is InChI=1S/C18H21FN2O3/c1-12-4-6-16(17(10-12)23-3)24-15-7-5-13(19)11-14(15)21-18(22)8-9-20-2/h4-7,10-11,20H,8-9H2,1-3H3,(H,21,22). The Morgan fingerprint density at radius 2 is 1.88 bits per heavy atom. The van der Waals surface area contributed by atoms with Crippen molar-refractivity contribution in [2.75, 3.05) is 26.0 Å². The maximum absolute atomic E-state index is 13.5. The van der Waals surface area contributed by atoms with E-state index in [1.807, 2.05) is 19.1 Å². The number of hydrogen-bond donors (Lipinski definition) is 2. The highest BCUT2D eigenvalue weighted by molar-refractivity contribution is 5.92. The Kier molecular flexibility index (Phi) is 6.14. The summed E-state index contributed by atoms with van der Waals surface area (Å²) < 4.78 is 24.7. The molecule has 0 saturated heterocycles. The van der Waals surface area contributed by atoms with Crippen LogP contribution in [-0.4, -0.2) is 26.6 Å². The van der Waals surface area contributed by atoms with Gasteiger partial charge in [0.2, 0.25) is 5.91 Å². The van der Waals surface area contributed by atoms with Crippen LogP contribution in [0.25, 0.3) is 0 Å². The average Bonchev–Trinajstić information content (AvgIpc) is 2.56. The molecule has 0 spiro atoms. The summed E-state index contributed by atoms with van der Waals surface area (Å²) in [6.07, 6.45) is 0.278. The number of ether oxygens (including phenoxy) is 2. The molecule has 5 nitrogen and oxygen atoms in total. The molecule has 0 bridgehead atoms. The molecular formula is C18H21FN2O3. The van der Waals surface area contributed by atoms with Gasteiger partial charge in [0.15, 0.2) is 17.2 Å². The Balaban J connectivity index is 2.25. The van der Waals surface area contributed by atoms with E-state index in [1.54, 1.807) is 20.2 Å². The first-order chi connectivity index (χ1) is 11.5. The Morgan fingerprint density at radius 3 is 2.58 bits per heavy atom. The van der Waals surface area contributed by atoms with Crippen LogP contribution in [0, 0.1) is 12.7 Å². The van der Waals surface area contributed by atoms with E-state index in [4.69, 9.17) is 9.47 Å². The normalized spacial score (nSPS) is 10.3. The van der Waals surface area contributed by atoms with E-state index < -0.39 is 5.82 Å². The molecule has 0 unspecified atom stereocenters. The summed E-state index contributed by atoms with van der Waals surface area (Å²) in [5.74, 6) is 0.710. The largest absolute Gasteiger partial charge is 0.493 e. The lowest BCUT2D eigenvalue weighted by atomic mass is 10.2. The third kappa shape index (κ3) is 4.70. The minimum Gasteiger partial charge on any atom is -0.493 e. The van der Waals surface area contributed by atoms with Crippen molar-refractivity contribution in [3.63, 3.8) is 0 Å². The molecule has 1 amide bonds. The highest BCUT2D eigenvalue weighted by Crippen LogP contribution is 2.36. The van der Waals surface area contributed by atoms with Crippen LogP contribution in [0.5, 0.6) is 17.2 Å². The van der Waals surface area contributed by atoms with E-state index in [0.29, 0.717) is 23.8 Å². The number of amides is 1. The lowest BCUT2D eigenvalue weighted by Gasteiger charge is -2.15. The molecule has 0 fully saturated rings. The number of methoxy groups -OCH3 is 1. The van der Waals surface area contributed by atoms with Crippen LogP contribution < -0.4 is 20.1 Å². The van der Waals surface area contributed by atoms with Gasteiger partial charge in [0.25, 0.3) is 0 Å². The van der Waals surface area contributed by atoms with Crippen molar-refractivity contribution < 1.29 is 18.7 Å². The zero-order chi connectivity index (χ0) is 17.5. The van der Waals surface area contributed by atoms with E-state index in [2.05, 4.69) is 10.6 Å². The van der Waals surface area contributed by atoms with Gasteiger partial charge in [-0.25, -0.2) is 4.39 Å². The second-order valence-electron chi connectivity index (χ2n) is 5.30. The van der Waals surface area contributed by atoms with Crippen LogP contribution in [0.4, 0.5) is 10.1 Å². The van der Waals surface area contributed by atoms with Gasteiger partial charge in [-0.15, -0.1) is 0 Å². The number of rotatable bonds is 7. The van der Waals surface area contributed by atoms with Crippen LogP contribution >= 0.6 is 0 Å². The van der Waals surface area contributed by atoms with Gasteiger partial charge in [-0.05, 0) is 43.8 Å². The minimum absolute atomic E-state index is 0.226. The van der Waals surface area contributed by atoms with E-state index in [0.717, 1.165) is 5.56 Å². The van der Waals surface area contributed by atoms with E-state index in [9.17, 15) is 9.18 Å². The molecule has 0 aliphatic heterocycles. The molecule has 0 heterocycles. The van der Waals surface area contributed by atoms with Crippen LogP contribution in [0.15, 0.2) is 36.4 Å². The molecule has 0 saturated carbocycles. The monoisotopic (exact) mass is 332 g/mol. The van der Waals surface area contributed by atoms with Crippen LogP contribution in [0.2, 0.25) is 0 Å². The lowest BCUT2D eigenvalue weighted by Crippen LogP contribution is -2.19. The number of carbonyl (C=O) groups is 1. The Hall–Kier alpha value is -2.60. The van der Waals surface area contributed by atoms with Crippen LogP contribution in [0.3, 0.4) is 0 Å². The summed E-state index contributed by atoms with van der Waals surface area (Å²) in [6, 6.07) is 9.47. The quantitative estimate of drug-likeness (QED) is 0.815. The smallest absolute Gasteiger partial charge is 0.225 e. The van der Waals surface area contributed by atoms with E-state index >= 15 is 0 Å². The Bertz CT molecular complexity index is 719. The third-order valence-corrected chi connectivity index (χ3v) is 3.36. The SMILES string of the molecule is CNCCC(=O)Nc1cc(F)ccc1Oc1ccc(C)cc1OC. The van der Waals surface area contributed by atoms with Gasteiger partial charge in [0.05, 0.1) is 12.8 Å². The third-order valence-electron chi connectivity index (χ3n) is 3.36. The van der Waals surface area contributed by atoms with Crippen molar-refractivity contribution in [1.29, 1.82) is 0 Å². The molecule has 0 atom stereocenters. The molecule has 0 aliphatic carbocycles. The second-order valence-corrected chi connectivity index (χ2v) is 5.30. The van der Waals surface area contributed by atoms with Crippen molar-refractivity contribution in [3.8, 4) is 17.2 Å². The summed E-state index contributed by atoms with van der Waals surface area (Å²) >= 11 is 0. The molecule has 0 aliphatic rings. The fraction of sp³-hybridized carbons (Fsp3) is 0.278. The van der Waals surface area contributed by atoms with E-state index in [-0.39, 0.29) is 18.0 Å². The van der Waals surface area contributed by atoms with Crippen LogP contribution in [-0.2, 0) is 4.79 Å². The van der Waals surface area contributed by atoms with Gasteiger partial charge < -0.3 is 20.1 Å². The van der Waals surface area contributed by atoms with Gasteiger partial charge >= 0.3 is 0 Å². The number of aryl methyl sites for hydroxylation is 1. The zero-order valence-corrected chi connectivity index (χ0v) is 14.0. The highest BCUT2D eigenvalue weighted by atomic mass is 19.1.